The summed E-state index contributed by atoms with van der Waals surface area (Å²) in [5.41, 5.74) is 0.367. The molecule has 0 bridgehead atoms. The van der Waals surface area contributed by atoms with Crippen molar-refractivity contribution in [2.45, 2.75) is 19.4 Å². The molecule has 0 heterocycles. The van der Waals surface area contributed by atoms with Gasteiger partial charge in [0.25, 0.3) is 0 Å². The predicted molar refractivity (Wildman–Crippen MR) is 66.2 cm³/mol. The fourth-order valence-corrected chi connectivity index (χ4v) is 1.97. The summed E-state index contributed by atoms with van der Waals surface area (Å²) in [4.78, 5) is 0. The Kier molecular flexibility index (Phi) is 3.90. The highest BCUT2D eigenvalue weighted by molar-refractivity contribution is 5.30. The topological polar surface area (TPSA) is 20.2 Å². The van der Waals surface area contributed by atoms with E-state index in [1.54, 1.807) is 6.07 Å². The summed E-state index contributed by atoms with van der Waals surface area (Å²) in [5.74, 6) is -2.01. The van der Waals surface area contributed by atoms with Crippen molar-refractivity contribution >= 4 is 0 Å². The first-order valence-electron chi connectivity index (χ1n) is 5.86. The fourth-order valence-electron chi connectivity index (χ4n) is 1.97. The SMILES string of the molecule is Cc1ccc(F)c(C(O)Cc2cccc(F)c2)c1F. The second kappa shape index (κ2) is 5.45. The first kappa shape index (κ1) is 13.6. The average Bonchev–Trinajstić information content (AvgIpc) is 2.34. The number of hydrogen-bond donors (Lipinski definition) is 1. The fraction of sp³-hybridized carbons (Fsp3) is 0.200. The smallest absolute Gasteiger partial charge is 0.134 e. The summed E-state index contributed by atoms with van der Waals surface area (Å²) in [7, 11) is 0. The van der Waals surface area contributed by atoms with Crippen molar-refractivity contribution < 1.29 is 18.3 Å². The van der Waals surface area contributed by atoms with Crippen LogP contribution in [0.5, 0.6) is 0 Å². The quantitative estimate of drug-likeness (QED) is 0.898. The summed E-state index contributed by atoms with van der Waals surface area (Å²) in [5, 5.41) is 9.95. The van der Waals surface area contributed by atoms with E-state index in [1.807, 2.05) is 0 Å². The summed E-state index contributed by atoms with van der Waals surface area (Å²) < 4.78 is 40.4. The first-order chi connectivity index (χ1) is 8.99. The van der Waals surface area contributed by atoms with Crippen LogP contribution in [0.25, 0.3) is 0 Å². The zero-order chi connectivity index (χ0) is 14.0. The maximum absolute atomic E-state index is 13.8. The van der Waals surface area contributed by atoms with Crippen LogP contribution in [0, 0.1) is 24.4 Å². The third-order valence-corrected chi connectivity index (χ3v) is 2.97. The Bertz CT molecular complexity index is 596. The molecular weight excluding hydrogens is 253 g/mol. The van der Waals surface area contributed by atoms with Gasteiger partial charge in [0.1, 0.15) is 17.5 Å². The van der Waals surface area contributed by atoms with E-state index >= 15 is 0 Å². The number of aliphatic hydroxyl groups is 1. The minimum Gasteiger partial charge on any atom is -0.388 e. The van der Waals surface area contributed by atoms with Crippen LogP contribution >= 0.6 is 0 Å². The molecule has 4 heteroatoms. The van der Waals surface area contributed by atoms with E-state index in [9.17, 15) is 18.3 Å². The van der Waals surface area contributed by atoms with Crippen molar-refractivity contribution in [3.05, 3.63) is 70.5 Å². The lowest BCUT2D eigenvalue weighted by atomic mass is 9.98. The van der Waals surface area contributed by atoms with Crippen LogP contribution in [0.1, 0.15) is 22.8 Å². The molecule has 0 amide bonds. The van der Waals surface area contributed by atoms with Crippen molar-refractivity contribution in [2.75, 3.05) is 0 Å². The van der Waals surface area contributed by atoms with Gasteiger partial charge in [-0.05, 0) is 36.2 Å². The highest BCUT2D eigenvalue weighted by atomic mass is 19.1. The van der Waals surface area contributed by atoms with Gasteiger partial charge in [0.15, 0.2) is 0 Å². The van der Waals surface area contributed by atoms with Crippen LogP contribution < -0.4 is 0 Å². The Morgan fingerprint density at radius 2 is 1.84 bits per heavy atom. The molecule has 0 fully saturated rings. The van der Waals surface area contributed by atoms with Gasteiger partial charge >= 0.3 is 0 Å². The summed E-state index contributed by atoms with van der Waals surface area (Å²) >= 11 is 0. The van der Waals surface area contributed by atoms with E-state index in [0.29, 0.717) is 5.56 Å². The number of aryl methyl sites for hydroxylation is 1. The Hall–Kier alpha value is -1.81. The first-order valence-corrected chi connectivity index (χ1v) is 5.86. The normalized spacial score (nSPS) is 12.5. The molecule has 1 nitrogen and oxygen atoms in total. The second-order valence-electron chi connectivity index (χ2n) is 4.44. The predicted octanol–water partition coefficient (Wildman–Crippen LogP) is 3.69. The molecule has 1 N–H and O–H groups in total. The lowest BCUT2D eigenvalue weighted by Gasteiger charge is -2.14. The Morgan fingerprint density at radius 3 is 2.53 bits per heavy atom. The van der Waals surface area contributed by atoms with E-state index in [1.165, 1.54) is 31.2 Å². The second-order valence-corrected chi connectivity index (χ2v) is 4.44. The van der Waals surface area contributed by atoms with Crippen molar-refractivity contribution in [3.8, 4) is 0 Å². The van der Waals surface area contributed by atoms with Crippen LogP contribution in [-0.4, -0.2) is 5.11 Å². The van der Waals surface area contributed by atoms with E-state index < -0.39 is 23.6 Å². The number of hydrogen-bond acceptors (Lipinski definition) is 1. The van der Waals surface area contributed by atoms with Crippen molar-refractivity contribution in [1.82, 2.24) is 0 Å². The van der Waals surface area contributed by atoms with Crippen LogP contribution in [0.15, 0.2) is 36.4 Å². The Morgan fingerprint density at radius 1 is 1.11 bits per heavy atom. The largest absolute Gasteiger partial charge is 0.388 e. The van der Waals surface area contributed by atoms with Crippen molar-refractivity contribution in [2.24, 2.45) is 0 Å². The molecule has 1 atom stereocenters. The number of rotatable bonds is 3. The molecule has 2 aromatic carbocycles. The molecule has 2 rings (SSSR count). The molecule has 19 heavy (non-hydrogen) atoms. The Balaban J connectivity index is 2.30. The van der Waals surface area contributed by atoms with Gasteiger partial charge in [-0.3, -0.25) is 0 Å². The van der Waals surface area contributed by atoms with Gasteiger partial charge in [-0.15, -0.1) is 0 Å². The third-order valence-electron chi connectivity index (χ3n) is 2.97. The molecule has 0 aliphatic heterocycles. The molecule has 0 aliphatic rings. The number of halogens is 3. The van der Waals surface area contributed by atoms with Crippen LogP contribution in [0.3, 0.4) is 0 Å². The molecule has 0 aromatic heterocycles. The minimum atomic E-state index is -1.35. The van der Waals surface area contributed by atoms with Crippen LogP contribution in [0.4, 0.5) is 13.2 Å². The van der Waals surface area contributed by atoms with E-state index in [4.69, 9.17) is 0 Å². The molecule has 0 saturated heterocycles. The van der Waals surface area contributed by atoms with Crippen LogP contribution in [0.2, 0.25) is 0 Å². The average molecular weight is 266 g/mol. The van der Waals surface area contributed by atoms with E-state index in [2.05, 4.69) is 0 Å². The van der Waals surface area contributed by atoms with Gasteiger partial charge in [-0.2, -0.15) is 0 Å². The molecular formula is C15H13F3O. The van der Waals surface area contributed by atoms with Crippen LogP contribution in [-0.2, 0) is 6.42 Å². The van der Waals surface area contributed by atoms with E-state index in [0.717, 1.165) is 6.07 Å². The Labute approximate surface area is 109 Å². The summed E-state index contributed by atoms with van der Waals surface area (Å²) in [6.07, 6.45) is -1.39. The zero-order valence-corrected chi connectivity index (χ0v) is 10.3. The minimum absolute atomic E-state index is 0.0466. The van der Waals surface area contributed by atoms with E-state index in [-0.39, 0.29) is 17.5 Å². The third kappa shape index (κ3) is 2.96. The standard InChI is InChI=1S/C15H13F3O/c1-9-5-6-12(17)14(15(9)18)13(19)8-10-3-2-4-11(16)7-10/h2-7,13,19H,8H2,1H3. The highest BCUT2D eigenvalue weighted by Gasteiger charge is 2.20. The molecule has 0 aliphatic carbocycles. The van der Waals surface area contributed by atoms with Crippen molar-refractivity contribution in [1.29, 1.82) is 0 Å². The highest BCUT2D eigenvalue weighted by Crippen LogP contribution is 2.26. The molecule has 2 aromatic rings. The summed E-state index contributed by atoms with van der Waals surface area (Å²) in [6, 6.07) is 8.00. The van der Waals surface area contributed by atoms with Gasteiger partial charge in [-0.25, -0.2) is 13.2 Å². The van der Waals surface area contributed by atoms with Gasteiger partial charge in [0.2, 0.25) is 0 Å². The summed E-state index contributed by atoms with van der Waals surface area (Å²) in [6.45, 7) is 1.49. The maximum atomic E-state index is 13.8. The molecule has 1 unspecified atom stereocenters. The van der Waals surface area contributed by atoms with Gasteiger partial charge < -0.3 is 5.11 Å². The lowest BCUT2D eigenvalue weighted by Crippen LogP contribution is -2.08. The van der Waals surface area contributed by atoms with Gasteiger partial charge in [-0.1, -0.05) is 18.2 Å². The zero-order valence-electron chi connectivity index (χ0n) is 10.3. The molecule has 0 saturated carbocycles. The maximum Gasteiger partial charge on any atom is 0.134 e. The number of aliphatic hydroxyl groups excluding tert-OH is 1. The van der Waals surface area contributed by atoms with Gasteiger partial charge in [0.05, 0.1) is 11.7 Å². The molecule has 0 spiro atoms. The van der Waals surface area contributed by atoms with Crippen molar-refractivity contribution in [3.63, 3.8) is 0 Å². The van der Waals surface area contributed by atoms with Gasteiger partial charge in [0, 0.05) is 6.42 Å². The lowest BCUT2D eigenvalue weighted by molar-refractivity contribution is 0.168. The number of benzene rings is 2. The molecule has 100 valence electrons. The molecule has 0 radical (unpaired) electrons. The monoisotopic (exact) mass is 266 g/mol.